The molecule has 0 aliphatic rings. The summed E-state index contributed by atoms with van der Waals surface area (Å²) in [6.07, 6.45) is 0. The van der Waals surface area contributed by atoms with Crippen molar-refractivity contribution in [3.63, 3.8) is 0 Å². The Morgan fingerprint density at radius 3 is 2.70 bits per heavy atom. The smallest absolute Gasteiger partial charge is 0.0638 e. The lowest BCUT2D eigenvalue weighted by Crippen LogP contribution is -1.91. The quantitative estimate of drug-likeness (QED) is 0.611. The topological polar surface area (TPSA) is 38.0 Å². The van der Waals surface area contributed by atoms with E-state index < -0.39 is 0 Å². The van der Waals surface area contributed by atoms with Gasteiger partial charge in [0.1, 0.15) is 0 Å². The fourth-order valence-corrected chi connectivity index (χ4v) is 0.947. The van der Waals surface area contributed by atoms with Crippen LogP contribution in [0.5, 0.6) is 0 Å². The molecule has 0 aliphatic carbocycles. The average molecular weight is 157 g/mol. The van der Waals surface area contributed by atoms with Gasteiger partial charge in [-0.3, -0.25) is 0 Å². The Kier molecular flexibility index (Phi) is 2.02. The molecule has 0 heterocycles. The van der Waals surface area contributed by atoms with E-state index in [1.807, 2.05) is 0 Å². The van der Waals surface area contributed by atoms with Gasteiger partial charge in [0, 0.05) is 12.7 Å². The second-order valence-corrected chi connectivity index (χ2v) is 2.40. The summed E-state index contributed by atoms with van der Waals surface area (Å²) in [5.74, 6) is 0. The maximum absolute atomic E-state index is 5.78. The number of nitrogens with one attached hydrogen (secondary N) is 1. The summed E-state index contributed by atoms with van der Waals surface area (Å²) in [6.45, 7) is 0. The molecule has 2 nitrogen and oxygen atoms in total. The molecule has 0 spiro atoms. The first-order chi connectivity index (χ1) is 4.74. The van der Waals surface area contributed by atoms with Gasteiger partial charge in [-0.2, -0.15) is 0 Å². The van der Waals surface area contributed by atoms with E-state index in [0.29, 0.717) is 10.7 Å². The van der Waals surface area contributed by atoms with E-state index in [0.717, 1.165) is 5.69 Å². The molecule has 3 N–H and O–H groups in total. The van der Waals surface area contributed by atoms with Gasteiger partial charge in [-0.05, 0) is 18.2 Å². The first kappa shape index (κ1) is 7.22. The van der Waals surface area contributed by atoms with E-state index in [-0.39, 0.29) is 0 Å². The highest BCUT2D eigenvalue weighted by atomic mass is 35.5. The molecule has 0 bridgehead atoms. The zero-order chi connectivity index (χ0) is 7.56. The van der Waals surface area contributed by atoms with Crippen LogP contribution in [0, 0.1) is 0 Å². The van der Waals surface area contributed by atoms with Gasteiger partial charge in [0.25, 0.3) is 0 Å². The van der Waals surface area contributed by atoms with Crippen LogP contribution in [0.15, 0.2) is 18.2 Å². The monoisotopic (exact) mass is 156 g/mol. The second kappa shape index (κ2) is 2.80. The molecule has 1 aromatic rings. The largest absolute Gasteiger partial charge is 0.399 e. The third-order valence-electron chi connectivity index (χ3n) is 1.26. The Morgan fingerprint density at radius 2 is 2.20 bits per heavy atom. The molecular weight excluding hydrogens is 148 g/mol. The number of rotatable bonds is 1. The zero-order valence-corrected chi connectivity index (χ0v) is 6.44. The summed E-state index contributed by atoms with van der Waals surface area (Å²) in [5.41, 5.74) is 7.08. The minimum Gasteiger partial charge on any atom is -0.399 e. The van der Waals surface area contributed by atoms with Gasteiger partial charge in [0.2, 0.25) is 0 Å². The number of hydrogen-bond donors (Lipinski definition) is 2. The number of benzene rings is 1. The molecule has 0 atom stereocenters. The zero-order valence-electron chi connectivity index (χ0n) is 5.69. The minimum absolute atomic E-state index is 0.691. The molecule has 0 radical (unpaired) electrons. The molecule has 0 amide bonds. The molecule has 1 aromatic carbocycles. The standard InChI is InChI=1S/C7H9ClN2/c1-10-7-4-5(9)2-3-6(7)8/h2-4,10H,9H2,1H3. The Labute approximate surface area is 65.0 Å². The van der Waals surface area contributed by atoms with Crippen LogP contribution < -0.4 is 11.1 Å². The van der Waals surface area contributed by atoms with Gasteiger partial charge in [0.05, 0.1) is 10.7 Å². The lowest BCUT2D eigenvalue weighted by atomic mass is 10.3. The van der Waals surface area contributed by atoms with Gasteiger partial charge < -0.3 is 11.1 Å². The van der Waals surface area contributed by atoms with E-state index >= 15 is 0 Å². The van der Waals surface area contributed by atoms with Crippen molar-refractivity contribution in [3.05, 3.63) is 23.2 Å². The second-order valence-electron chi connectivity index (χ2n) is 1.99. The van der Waals surface area contributed by atoms with Crippen molar-refractivity contribution in [2.24, 2.45) is 0 Å². The van der Waals surface area contributed by atoms with Crippen LogP contribution in [-0.2, 0) is 0 Å². The summed E-state index contributed by atoms with van der Waals surface area (Å²) in [7, 11) is 1.81. The SMILES string of the molecule is CNc1cc(N)ccc1Cl. The van der Waals surface area contributed by atoms with Crippen molar-refractivity contribution < 1.29 is 0 Å². The van der Waals surface area contributed by atoms with Crippen LogP contribution in [0.1, 0.15) is 0 Å². The number of nitrogen functional groups attached to an aromatic ring is 1. The van der Waals surface area contributed by atoms with Crippen LogP contribution in [0.3, 0.4) is 0 Å². The highest BCUT2D eigenvalue weighted by molar-refractivity contribution is 6.33. The molecular formula is C7H9ClN2. The van der Waals surface area contributed by atoms with Gasteiger partial charge in [-0.1, -0.05) is 11.6 Å². The van der Waals surface area contributed by atoms with Gasteiger partial charge in [-0.15, -0.1) is 0 Å². The first-order valence-electron chi connectivity index (χ1n) is 2.97. The third kappa shape index (κ3) is 1.33. The van der Waals surface area contributed by atoms with Crippen LogP contribution in [-0.4, -0.2) is 7.05 Å². The van der Waals surface area contributed by atoms with Gasteiger partial charge in [-0.25, -0.2) is 0 Å². The van der Waals surface area contributed by atoms with Crippen LogP contribution in [0.25, 0.3) is 0 Å². The van der Waals surface area contributed by atoms with Crippen LogP contribution in [0.2, 0.25) is 5.02 Å². The Balaban J connectivity index is 3.09. The fraction of sp³-hybridized carbons (Fsp3) is 0.143. The predicted molar refractivity (Wildman–Crippen MR) is 45.4 cm³/mol. The Morgan fingerprint density at radius 1 is 1.50 bits per heavy atom. The lowest BCUT2D eigenvalue weighted by Gasteiger charge is -2.02. The molecule has 0 fully saturated rings. The first-order valence-corrected chi connectivity index (χ1v) is 3.34. The molecule has 54 valence electrons. The van der Waals surface area contributed by atoms with E-state index in [1.54, 1.807) is 25.2 Å². The number of anilines is 2. The number of halogens is 1. The number of hydrogen-bond acceptors (Lipinski definition) is 2. The number of nitrogens with two attached hydrogens (primary N) is 1. The summed E-state index contributed by atoms with van der Waals surface area (Å²) in [4.78, 5) is 0. The van der Waals surface area contributed by atoms with Gasteiger partial charge >= 0.3 is 0 Å². The predicted octanol–water partition coefficient (Wildman–Crippen LogP) is 1.96. The van der Waals surface area contributed by atoms with E-state index in [9.17, 15) is 0 Å². The molecule has 0 saturated carbocycles. The van der Waals surface area contributed by atoms with E-state index in [1.165, 1.54) is 0 Å². The molecule has 0 saturated heterocycles. The highest BCUT2D eigenvalue weighted by Gasteiger charge is 1.95. The molecule has 0 unspecified atom stereocenters. The van der Waals surface area contributed by atoms with Gasteiger partial charge in [0.15, 0.2) is 0 Å². The van der Waals surface area contributed by atoms with Crippen molar-refractivity contribution >= 4 is 23.0 Å². The van der Waals surface area contributed by atoms with E-state index in [4.69, 9.17) is 17.3 Å². The van der Waals surface area contributed by atoms with Crippen molar-refractivity contribution in [2.45, 2.75) is 0 Å². The van der Waals surface area contributed by atoms with E-state index in [2.05, 4.69) is 5.32 Å². The third-order valence-corrected chi connectivity index (χ3v) is 1.59. The molecule has 10 heavy (non-hydrogen) atoms. The lowest BCUT2D eigenvalue weighted by molar-refractivity contribution is 1.51. The minimum atomic E-state index is 0.691. The summed E-state index contributed by atoms with van der Waals surface area (Å²) in [5, 5.41) is 3.62. The van der Waals surface area contributed by atoms with Crippen molar-refractivity contribution in [1.29, 1.82) is 0 Å². The Hall–Kier alpha value is -0.890. The summed E-state index contributed by atoms with van der Waals surface area (Å²) >= 11 is 5.78. The van der Waals surface area contributed by atoms with Crippen LogP contribution >= 0.6 is 11.6 Å². The average Bonchev–Trinajstić information content (AvgIpc) is 1.94. The maximum Gasteiger partial charge on any atom is 0.0638 e. The van der Waals surface area contributed by atoms with Crippen molar-refractivity contribution in [3.8, 4) is 0 Å². The summed E-state index contributed by atoms with van der Waals surface area (Å²) < 4.78 is 0. The fourth-order valence-electron chi connectivity index (χ4n) is 0.734. The Bertz CT molecular complexity index is 235. The normalized spacial score (nSPS) is 9.40. The molecule has 3 heteroatoms. The molecule has 0 aromatic heterocycles. The van der Waals surface area contributed by atoms with Crippen molar-refractivity contribution in [1.82, 2.24) is 0 Å². The van der Waals surface area contributed by atoms with Crippen molar-refractivity contribution in [2.75, 3.05) is 18.1 Å². The summed E-state index contributed by atoms with van der Waals surface area (Å²) in [6, 6.07) is 5.33. The maximum atomic E-state index is 5.78. The van der Waals surface area contributed by atoms with Crippen LogP contribution in [0.4, 0.5) is 11.4 Å². The molecule has 0 aliphatic heterocycles. The molecule has 1 rings (SSSR count). The highest BCUT2D eigenvalue weighted by Crippen LogP contribution is 2.22.